The molecule has 0 spiro atoms. The predicted octanol–water partition coefficient (Wildman–Crippen LogP) is -11.9. The van der Waals surface area contributed by atoms with Gasteiger partial charge >= 0.3 is 0 Å². The number of aliphatic hydroxyl groups excluding tert-OH is 17. The first kappa shape index (κ1) is 55.7. The van der Waals surface area contributed by atoms with Gasteiger partial charge in [0, 0.05) is 6.92 Å². The Morgan fingerprint density at radius 2 is 0.794 bits per heavy atom. The maximum absolute atomic E-state index is 13.1. The normalized spacial score (nSPS) is 52.6. The summed E-state index contributed by atoms with van der Waals surface area (Å²) in [4.78, 5) is 13.1. The van der Waals surface area contributed by atoms with Gasteiger partial charge in [0.2, 0.25) is 5.91 Å². The van der Waals surface area contributed by atoms with Crippen molar-refractivity contribution in [2.24, 2.45) is 0 Å². The number of rotatable bonds is 15. The van der Waals surface area contributed by atoms with Crippen molar-refractivity contribution in [2.45, 2.75) is 205 Å². The second-order valence-corrected chi connectivity index (χ2v) is 17.5. The lowest BCUT2D eigenvalue weighted by Gasteiger charge is -2.52. The first-order chi connectivity index (χ1) is 32.1. The molecule has 0 aromatic heterocycles. The number of nitrogens with one attached hydrogen (secondary N) is 1. The van der Waals surface area contributed by atoms with Crippen molar-refractivity contribution in [1.29, 1.82) is 0 Å². The van der Waals surface area contributed by atoms with Crippen LogP contribution in [0.3, 0.4) is 0 Å². The molecule has 30 heteroatoms. The third kappa shape index (κ3) is 11.4. The molecule has 1 amide bonds. The molecular weight excluding hydrogens is 934 g/mol. The van der Waals surface area contributed by atoms with E-state index in [-0.39, 0.29) is 0 Å². The van der Waals surface area contributed by atoms with E-state index >= 15 is 0 Å². The highest BCUT2D eigenvalue weighted by Gasteiger charge is 2.59. The highest BCUT2D eigenvalue weighted by molar-refractivity contribution is 5.73. The number of amides is 1. The zero-order valence-electron chi connectivity index (χ0n) is 36.7. The minimum Gasteiger partial charge on any atom is -0.394 e. The lowest BCUT2D eigenvalue weighted by atomic mass is 9.93. The van der Waals surface area contributed by atoms with Crippen LogP contribution in [0.4, 0.5) is 0 Å². The summed E-state index contributed by atoms with van der Waals surface area (Å²) in [7, 11) is 0. The van der Waals surface area contributed by atoms with Gasteiger partial charge in [0.05, 0.1) is 38.6 Å². The smallest absolute Gasteiger partial charge is 0.217 e. The minimum absolute atomic E-state index is 0.894. The third-order valence-corrected chi connectivity index (χ3v) is 12.8. The topological polar surface area (TPSA) is 475 Å². The van der Waals surface area contributed by atoms with Gasteiger partial charge in [-0.2, -0.15) is 0 Å². The maximum Gasteiger partial charge on any atom is 0.217 e. The third-order valence-electron chi connectivity index (χ3n) is 12.8. The number of aliphatic hydroxyl groups is 17. The Labute approximate surface area is 386 Å². The number of hydrogen-bond donors (Lipinski definition) is 18. The van der Waals surface area contributed by atoms with E-state index in [1.165, 1.54) is 13.8 Å². The van der Waals surface area contributed by atoms with E-state index in [2.05, 4.69) is 5.32 Å². The molecule has 6 heterocycles. The number of carbonyl (C=O) groups is 1. The van der Waals surface area contributed by atoms with Crippen molar-refractivity contribution < 1.29 is 144 Å². The van der Waals surface area contributed by atoms with Crippen LogP contribution in [0, 0.1) is 0 Å². The summed E-state index contributed by atoms with van der Waals surface area (Å²) < 4.78 is 63.9. The zero-order chi connectivity index (χ0) is 50.2. The molecule has 0 saturated carbocycles. The Hall–Kier alpha value is -1.65. The van der Waals surface area contributed by atoms with Crippen LogP contribution in [0.5, 0.6) is 0 Å². The molecule has 0 aromatic carbocycles. The largest absolute Gasteiger partial charge is 0.394 e. The van der Waals surface area contributed by atoms with Crippen LogP contribution in [-0.4, -0.2) is 303 Å². The second kappa shape index (κ2) is 23.5. The van der Waals surface area contributed by atoms with E-state index in [9.17, 15) is 91.6 Å². The van der Waals surface area contributed by atoms with Crippen LogP contribution < -0.4 is 5.32 Å². The molecule has 396 valence electrons. The van der Waals surface area contributed by atoms with Gasteiger partial charge in [0.25, 0.3) is 0 Å². The van der Waals surface area contributed by atoms with Crippen molar-refractivity contribution in [1.82, 2.24) is 5.32 Å². The van der Waals surface area contributed by atoms with Gasteiger partial charge in [-0.15, -0.1) is 0 Å². The lowest BCUT2D eigenvalue weighted by molar-refractivity contribution is -0.400. The van der Waals surface area contributed by atoms with Crippen LogP contribution in [0.1, 0.15) is 20.8 Å². The molecule has 6 saturated heterocycles. The molecule has 6 aliphatic heterocycles. The molecule has 0 bridgehead atoms. The molecule has 0 unspecified atom stereocenters. The average Bonchev–Trinajstić information content (AvgIpc) is 3.31. The van der Waals surface area contributed by atoms with Crippen LogP contribution in [0.2, 0.25) is 0 Å². The van der Waals surface area contributed by atoms with Crippen LogP contribution in [0.25, 0.3) is 0 Å². The molecule has 0 aliphatic carbocycles. The standard InChI is InChI=1S/C38H65NO29/c1-8-16(45)20(49)25(54)35(58-8)65-29-14(7-43)63-34(67-31-19(48)12(5-41)61-37(27(31)56)64-28-13(6-42)60-33(57)24(53)23(28)52)15(39-10(3)44)30(29)66-38-32(22(51)18(47)11(4-40)62-38)68-36-26(55)21(50)17(46)9(2)59-36/h8-9,11-38,40-43,45-57H,4-7H2,1-3H3,(H,39,44)/t8-,9-,11+,12+,13+,14+,15+,16+,17+,18-,19-,20+,21+,22-,23-,24+,25-,26-,27-,28+,29+,30+,31-,32+,33+,34-,35-,36-,37-,38-/m0/s1. The summed E-state index contributed by atoms with van der Waals surface area (Å²) >= 11 is 0. The molecule has 6 fully saturated rings. The van der Waals surface area contributed by atoms with E-state index in [1.807, 2.05) is 0 Å². The minimum atomic E-state index is -2.19. The Kier molecular flexibility index (Phi) is 19.2. The summed E-state index contributed by atoms with van der Waals surface area (Å²) in [5.41, 5.74) is 0. The SMILES string of the molecule is CC(=O)N[C@H]1[C@H](O[C@@H]2[C@H](O)[C@H](O[C@H]3[C@@H](O)[C@@H](O)[C@H](O)O[C@@H]3CO)O[C@H](CO)[C@@H]2O)O[C@H](CO)[C@@H](O[C@@H]2O[C@@H](C)[C@@H](O)[C@@H](O)[C@@H]2O)[C@@H]1O[C@@H]1O[C@H](CO)[C@H](O)[C@H](O)[C@H]1O[C@@H]1O[C@@H](C)[C@@H](O)[C@@H](O)[C@@H]1O. The van der Waals surface area contributed by atoms with Crippen molar-refractivity contribution in [3.05, 3.63) is 0 Å². The predicted molar refractivity (Wildman–Crippen MR) is 208 cm³/mol. The van der Waals surface area contributed by atoms with Crippen LogP contribution in [0.15, 0.2) is 0 Å². The fourth-order valence-corrected chi connectivity index (χ4v) is 8.78. The number of carbonyl (C=O) groups excluding carboxylic acids is 1. The fraction of sp³-hybridized carbons (Fsp3) is 0.974. The van der Waals surface area contributed by atoms with Crippen molar-refractivity contribution in [2.75, 3.05) is 26.4 Å². The summed E-state index contributed by atoms with van der Waals surface area (Å²) in [5.74, 6) is -0.894. The van der Waals surface area contributed by atoms with Gasteiger partial charge in [-0.25, -0.2) is 0 Å². The highest BCUT2D eigenvalue weighted by Crippen LogP contribution is 2.38. The van der Waals surface area contributed by atoms with E-state index in [0.717, 1.165) is 6.92 Å². The zero-order valence-corrected chi connectivity index (χ0v) is 36.7. The van der Waals surface area contributed by atoms with Crippen LogP contribution >= 0.6 is 0 Å². The van der Waals surface area contributed by atoms with Crippen LogP contribution in [-0.2, 0) is 56.9 Å². The molecule has 6 rings (SSSR count). The quantitative estimate of drug-likeness (QED) is 0.0724. The molecular formula is C38H65NO29. The molecule has 30 atom stereocenters. The van der Waals surface area contributed by atoms with Crippen molar-refractivity contribution in [3.63, 3.8) is 0 Å². The Morgan fingerprint density at radius 1 is 0.382 bits per heavy atom. The first-order valence-electron chi connectivity index (χ1n) is 21.8. The lowest BCUT2D eigenvalue weighted by Crippen LogP contribution is -2.71. The van der Waals surface area contributed by atoms with Gasteiger partial charge in [0.1, 0.15) is 134 Å². The monoisotopic (exact) mass is 999 g/mol. The van der Waals surface area contributed by atoms with E-state index in [1.54, 1.807) is 0 Å². The Bertz CT molecular complexity index is 1590. The molecule has 18 N–H and O–H groups in total. The van der Waals surface area contributed by atoms with Gasteiger partial charge < -0.3 is 144 Å². The number of hydrogen-bond acceptors (Lipinski definition) is 29. The molecule has 0 radical (unpaired) electrons. The Balaban J connectivity index is 1.39. The maximum atomic E-state index is 13.1. The van der Waals surface area contributed by atoms with E-state index in [4.69, 9.17) is 52.1 Å². The van der Waals surface area contributed by atoms with Gasteiger partial charge in [-0.1, -0.05) is 0 Å². The molecule has 6 aliphatic rings. The van der Waals surface area contributed by atoms with Crippen molar-refractivity contribution >= 4 is 5.91 Å². The summed E-state index contributed by atoms with van der Waals surface area (Å²) in [6, 6.07) is -1.86. The summed E-state index contributed by atoms with van der Waals surface area (Å²) in [5, 5.41) is 184. The average molecular weight is 1000 g/mol. The fourth-order valence-electron chi connectivity index (χ4n) is 8.78. The summed E-state index contributed by atoms with van der Waals surface area (Å²) in [6.07, 6.45) is -54.0. The Morgan fingerprint density at radius 3 is 1.32 bits per heavy atom. The highest BCUT2D eigenvalue weighted by atomic mass is 16.8. The van der Waals surface area contributed by atoms with Crippen molar-refractivity contribution in [3.8, 4) is 0 Å². The molecule has 30 nitrogen and oxygen atoms in total. The van der Waals surface area contributed by atoms with Gasteiger partial charge in [0.15, 0.2) is 37.7 Å². The second-order valence-electron chi connectivity index (χ2n) is 17.5. The molecule has 68 heavy (non-hydrogen) atoms. The van der Waals surface area contributed by atoms with E-state index < -0.39 is 217 Å². The molecule has 0 aromatic rings. The van der Waals surface area contributed by atoms with E-state index in [0.29, 0.717) is 0 Å². The first-order valence-corrected chi connectivity index (χ1v) is 21.8. The van der Waals surface area contributed by atoms with Gasteiger partial charge in [-0.05, 0) is 13.8 Å². The van der Waals surface area contributed by atoms with Gasteiger partial charge in [-0.3, -0.25) is 4.79 Å². The number of ether oxygens (including phenoxy) is 11. The summed E-state index contributed by atoms with van der Waals surface area (Å²) in [6.45, 7) is -0.357.